The van der Waals surface area contributed by atoms with Gasteiger partial charge >= 0.3 is 0 Å². The fourth-order valence-electron chi connectivity index (χ4n) is 2.43. The van der Waals surface area contributed by atoms with Crippen LogP contribution in [0, 0.1) is 23.2 Å². The second-order valence-electron chi connectivity index (χ2n) is 5.01. The van der Waals surface area contributed by atoms with E-state index in [0.717, 1.165) is 38.5 Å². The lowest BCUT2D eigenvalue weighted by atomic mass is 9.84. The minimum atomic E-state index is -0.290. The van der Waals surface area contributed by atoms with Gasteiger partial charge < -0.3 is 11.1 Å². The Morgan fingerprint density at radius 3 is 2.56 bits per heavy atom. The molecule has 0 aromatic heterocycles. The first-order chi connectivity index (χ1) is 7.72. The molecule has 2 aliphatic carbocycles. The van der Waals surface area contributed by atoms with Crippen molar-refractivity contribution < 1.29 is 4.79 Å². The van der Waals surface area contributed by atoms with Gasteiger partial charge in [-0.3, -0.25) is 4.79 Å². The van der Waals surface area contributed by atoms with Gasteiger partial charge in [0, 0.05) is 6.04 Å². The zero-order valence-corrected chi connectivity index (χ0v) is 9.48. The van der Waals surface area contributed by atoms with Gasteiger partial charge in [-0.05, 0) is 31.6 Å². The van der Waals surface area contributed by atoms with E-state index in [2.05, 4.69) is 11.4 Å². The third kappa shape index (κ3) is 2.53. The Morgan fingerprint density at radius 2 is 2.00 bits per heavy atom. The smallest absolute Gasteiger partial charge is 0.225 e. The van der Waals surface area contributed by atoms with Gasteiger partial charge in [-0.2, -0.15) is 5.26 Å². The molecule has 0 saturated heterocycles. The van der Waals surface area contributed by atoms with Crippen molar-refractivity contribution in [3.63, 3.8) is 0 Å². The number of nitriles is 1. The molecule has 0 spiro atoms. The molecule has 0 aromatic rings. The van der Waals surface area contributed by atoms with Crippen molar-refractivity contribution in [1.82, 2.24) is 5.32 Å². The largest absolute Gasteiger partial charge is 0.340 e. The molecule has 2 rings (SSSR count). The highest BCUT2D eigenvalue weighted by Gasteiger charge is 2.35. The number of carbonyl (C=O) groups is 1. The molecule has 4 heteroatoms. The number of nitrogens with zero attached hydrogens (tertiary/aromatic N) is 1. The summed E-state index contributed by atoms with van der Waals surface area (Å²) in [5.41, 5.74) is 5.95. The number of hydrogen-bond donors (Lipinski definition) is 2. The molecule has 3 unspecified atom stereocenters. The third-order valence-electron chi connectivity index (χ3n) is 3.69. The van der Waals surface area contributed by atoms with Crippen LogP contribution in [-0.4, -0.2) is 18.0 Å². The summed E-state index contributed by atoms with van der Waals surface area (Å²) in [6, 6.07) is 1.86. The van der Waals surface area contributed by atoms with Crippen LogP contribution < -0.4 is 11.1 Å². The number of carbonyl (C=O) groups excluding carboxylic acids is 1. The lowest BCUT2D eigenvalue weighted by Gasteiger charge is -2.28. The molecule has 16 heavy (non-hydrogen) atoms. The first-order valence-corrected chi connectivity index (χ1v) is 6.18. The van der Waals surface area contributed by atoms with E-state index in [1.165, 1.54) is 0 Å². The van der Waals surface area contributed by atoms with E-state index < -0.39 is 0 Å². The average Bonchev–Trinajstić information content (AvgIpc) is 3.10. The summed E-state index contributed by atoms with van der Waals surface area (Å²) in [5, 5.41) is 11.8. The monoisotopic (exact) mass is 221 g/mol. The summed E-state index contributed by atoms with van der Waals surface area (Å²) in [5.74, 6) is 0.294. The first-order valence-electron chi connectivity index (χ1n) is 6.18. The van der Waals surface area contributed by atoms with Gasteiger partial charge in [-0.1, -0.05) is 12.8 Å². The summed E-state index contributed by atoms with van der Waals surface area (Å²) in [6.45, 7) is 0. The SMILES string of the molecule is N#CC(NC(=O)C1CCCCC1N)C1CC1. The highest BCUT2D eigenvalue weighted by Crippen LogP contribution is 2.33. The standard InChI is InChI=1S/C12H19N3O/c13-7-11(8-5-6-8)15-12(16)9-3-1-2-4-10(9)14/h8-11H,1-6,14H2,(H,15,16). The van der Waals surface area contributed by atoms with Gasteiger partial charge in [-0.25, -0.2) is 0 Å². The number of hydrogen-bond acceptors (Lipinski definition) is 3. The zero-order chi connectivity index (χ0) is 11.5. The maximum Gasteiger partial charge on any atom is 0.225 e. The molecule has 0 heterocycles. The Kier molecular flexibility index (Phi) is 3.45. The Bertz CT molecular complexity index is 306. The van der Waals surface area contributed by atoms with Crippen molar-refractivity contribution in [1.29, 1.82) is 5.26 Å². The van der Waals surface area contributed by atoms with Gasteiger partial charge in [0.15, 0.2) is 0 Å². The topological polar surface area (TPSA) is 78.9 Å². The van der Waals surface area contributed by atoms with Crippen molar-refractivity contribution in [2.45, 2.75) is 50.6 Å². The van der Waals surface area contributed by atoms with Crippen LogP contribution in [0.5, 0.6) is 0 Å². The van der Waals surface area contributed by atoms with Crippen LogP contribution in [0.3, 0.4) is 0 Å². The lowest BCUT2D eigenvalue weighted by molar-refractivity contribution is -0.126. The fourth-order valence-corrected chi connectivity index (χ4v) is 2.43. The summed E-state index contributed by atoms with van der Waals surface area (Å²) in [6.07, 6.45) is 6.13. The average molecular weight is 221 g/mol. The van der Waals surface area contributed by atoms with Gasteiger partial charge in [0.1, 0.15) is 6.04 Å². The number of rotatable bonds is 3. The normalized spacial score (nSPS) is 31.5. The Morgan fingerprint density at radius 1 is 1.31 bits per heavy atom. The molecule has 0 aliphatic heterocycles. The molecule has 2 aliphatic rings. The lowest BCUT2D eigenvalue weighted by Crippen LogP contribution is -2.47. The zero-order valence-electron chi connectivity index (χ0n) is 9.48. The number of amides is 1. The van der Waals surface area contributed by atoms with Crippen LogP contribution in [0.25, 0.3) is 0 Å². The predicted octanol–water partition coefficient (Wildman–Crippen LogP) is 0.922. The molecular weight excluding hydrogens is 202 g/mol. The van der Waals surface area contributed by atoms with Crippen LogP contribution in [-0.2, 0) is 4.79 Å². The van der Waals surface area contributed by atoms with E-state index in [9.17, 15) is 4.79 Å². The second kappa shape index (κ2) is 4.84. The quantitative estimate of drug-likeness (QED) is 0.743. The van der Waals surface area contributed by atoms with E-state index in [0.29, 0.717) is 5.92 Å². The molecule has 1 amide bonds. The third-order valence-corrected chi connectivity index (χ3v) is 3.69. The van der Waals surface area contributed by atoms with Gasteiger partial charge in [0.2, 0.25) is 5.91 Å². The first kappa shape index (κ1) is 11.4. The number of nitrogens with one attached hydrogen (secondary N) is 1. The summed E-state index contributed by atoms with van der Waals surface area (Å²) in [4.78, 5) is 12.0. The molecule has 0 aromatic carbocycles. The number of nitrogens with two attached hydrogens (primary N) is 1. The van der Waals surface area contributed by atoms with Crippen LogP contribution in [0.4, 0.5) is 0 Å². The van der Waals surface area contributed by atoms with Gasteiger partial charge in [0.25, 0.3) is 0 Å². The van der Waals surface area contributed by atoms with E-state index >= 15 is 0 Å². The summed E-state index contributed by atoms with van der Waals surface area (Å²) >= 11 is 0. The molecular formula is C12H19N3O. The fraction of sp³-hybridized carbons (Fsp3) is 0.833. The van der Waals surface area contributed by atoms with Crippen molar-refractivity contribution >= 4 is 5.91 Å². The van der Waals surface area contributed by atoms with E-state index in [1.54, 1.807) is 0 Å². The molecule has 0 radical (unpaired) electrons. The van der Waals surface area contributed by atoms with Crippen LogP contribution in [0.2, 0.25) is 0 Å². The molecule has 88 valence electrons. The Labute approximate surface area is 96.2 Å². The Hall–Kier alpha value is -1.08. The minimum Gasteiger partial charge on any atom is -0.340 e. The predicted molar refractivity (Wildman–Crippen MR) is 60.2 cm³/mol. The minimum absolute atomic E-state index is 0.00866. The second-order valence-corrected chi connectivity index (χ2v) is 5.01. The van der Waals surface area contributed by atoms with E-state index in [-0.39, 0.29) is 23.9 Å². The molecule has 0 bridgehead atoms. The highest BCUT2D eigenvalue weighted by atomic mass is 16.2. The molecule has 3 N–H and O–H groups in total. The van der Waals surface area contributed by atoms with Crippen molar-refractivity contribution in [2.24, 2.45) is 17.6 Å². The van der Waals surface area contributed by atoms with Crippen LogP contribution in [0.1, 0.15) is 38.5 Å². The van der Waals surface area contributed by atoms with Crippen molar-refractivity contribution in [2.75, 3.05) is 0 Å². The molecule has 4 nitrogen and oxygen atoms in total. The summed E-state index contributed by atoms with van der Waals surface area (Å²) < 4.78 is 0. The van der Waals surface area contributed by atoms with Crippen LogP contribution in [0.15, 0.2) is 0 Å². The van der Waals surface area contributed by atoms with Gasteiger partial charge in [-0.15, -0.1) is 0 Å². The van der Waals surface area contributed by atoms with Crippen LogP contribution >= 0.6 is 0 Å². The Balaban J connectivity index is 1.88. The summed E-state index contributed by atoms with van der Waals surface area (Å²) in [7, 11) is 0. The molecule has 2 fully saturated rings. The van der Waals surface area contributed by atoms with Gasteiger partial charge in [0.05, 0.1) is 12.0 Å². The van der Waals surface area contributed by atoms with E-state index in [1.807, 2.05) is 0 Å². The molecule has 3 atom stereocenters. The van der Waals surface area contributed by atoms with E-state index in [4.69, 9.17) is 11.0 Å². The van der Waals surface area contributed by atoms with Crippen molar-refractivity contribution in [3.05, 3.63) is 0 Å². The highest BCUT2D eigenvalue weighted by molar-refractivity contribution is 5.80. The molecule has 2 saturated carbocycles. The maximum absolute atomic E-state index is 12.0. The maximum atomic E-state index is 12.0. The van der Waals surface area contributed by atoms with Crippen molar-refractivity contribution in [3.8, 4) is 6.07 Å².